The SMILES string of the molecule is CC(C)C(NC(=O)NC1CCCCC1C(=O)O)C(N)=O. The summed E-state index contributed by atoms with van der Waals surface area (Å²) in [5.74, 6) is -2.20. The molecular formula is C13H23N3O4. The molecule has 1 rings (SSSR count). The standard InChI is InChI=1S/C13H23N3O4/c1-7(2)10(11(14)17)16-13(20)15-9-6-4-3-5-8(9)12(18)19/h7-10H,3-6H2,1-2H3,(H2,14,17)(H,18,19)(H2,15,16,20). The van der Waals surface area contributed by atoms with Crippen LogP contribution in [0.25, 0.3) is 0 Å². The van der Waals surface area contributed by atoms with Gasteiger partial charge in [0.05, 0.1) is 5.92 Å². The van der Waals surface area contributed by atoms with Crippen LogP contribution in [0.3, 0.4) is 0 Å². The molecule has 0 radical (unpaired) electrons. The molecule has 7 heteroatoms. The highest BCUT2D eigenvalue weighted by Crippen LogP contribution is 2.24. The van der Waals surface area contributed by atoms with Gasteiger partial charge >= 0.3 is 12.0 Å². The van der Waals surface area contributed by atoms with Crippen molar-refractivity contribution in [3.63, 3.8) is 0 Å². The Labute approximate surface area is 118 Å². The van der Waals surface area contributed by atoms with E-state index in [0.29, 0.717) is 12.8 Å². The zero-order chi connectivity index (χ0) is 15.3. The number of hydrogen-bond acceptors (Lipinski definition) is 3. The first-order valence-electron chi connectivity index (χ1n) is 6.92. The number of primary amides is 1. The molecule has 3 atom stereocenters. The van der Waals surface area contributed by atoms with Crippen molar-refractivity contribution in [1.82, 2.24) is 10.6 Å². The fourth-order valence-corrected chi connectivity index (χ4v) is 2.52. The maximum Gasteiger partial charge on any atom is 0.315 e. The number of nitrogens with two attached hydrogens (primary N) is 1. The Morgan fingerprint density at radius 1 is 1.20 bits per heavy atom. The van der Waals surface area contributed by atoms with E-state index in [1.165, 1.54) is 0 Å². The molecule has 114 valence electrons. The van der Waals surface area contributed by atoms with Crippen LogP contribution in [0.5, 0.6) is 0 Å². The van der Waals surface area contributed by atoms with Crippen molar-refractivity contribution < 1.29 is 19.5 Å². The van der Waals surface area contributed by atoms with Gasteiger partial charge in [0.25, 0.3) is 0 Å². The Kier molecular flexibility index (Phi) is 5.79. The average molecular weight is 285 g/mol. The maximum absolute atomic E-state index is 11.9. The highest BCUT2D eigenvalue weighted by molar-refractivity contribution is 5.86. The van der Waals surface area contributed by atoms with Crippen LogP contribution >= 0.6 is 0 Å². The number of urea groups is 1. The van der Waals surface area contributed by atoms with Crippen molar-refractivity contribution in [3.8, 4) is 0 Å². The second-order valence-electron chi connectivity index (χ2n) is 5.58. The van der Waals surface area contributed by atoms with Crippen LogP contribution in [-0.2, 0) is 9.59 Å². The fourth-order valence-electron chi connectivity index (χ4n) is 2.52. The number of amides is 3. The quantitative estimate of drug-likeness (QED) is 0.585. The second kappa shape index (κ2) is 7.12. The van der Waals surface area contributed by atoms with Crippen LogP contribution in [0, 0.1) is 11.8 Å². The normalized spacial score (nSPS) is 23.9. The number of rotatable bonds is 5. The molecule has 3 unspecified atom stereocenters. The summed E-state index contributed by atoms with van der Waals surface area (Å²) in [6.45, 7) is 3.55. The molecule has 0 aromatic heterocycles. The molecule has 3 amide bonds. The lowest BCUT2D eigenvalue weighted by atomic mass is 9.84. The zero-order valence-corrected chi connectivity index (χ0v) is 11.9. The van der Waals surface area contributed by atoms with Gasteiger partial charge in [-0.2, -0.15) is 0 Å². The third kappa shape index (κ3) is 4.40. The minimum absolute atomic E-state index is 0.125. The molecule has 7 nitrogen and oxygen atoms in total. The molecule has 0 aromatic rings. The van der Waals surface area contributed by atoms with Crippen LogP contribution in [0.15, 0.2) is 0 Å². The van der Waals surface area contributed by atoms with Crippen LogP contribution in [-0.4, -0.2) is 35.1 Å². The van der Waals surface area contributed by atoms with Crippen molar-refractivity contribution in [2.24, 2.45) is 17.6 Å². The van der Waals surface area contributed by atoms with E-state index in [2.05, 4.69) is 10.6 Å². The molecule has 1 fully saturated rings. The maximum atomic E-state index is 11.9. The second-order valence-corrected chi connectivity index (χ2v) is 5.58. The first kappa shape index (κ1) is 16.3. The summed E-state index contributed by atoms with van der Waals surface area (Å²) in [7, 11) is 0. The minimum atomic E-state index is -0.898. The lowest BCUT2D eigenvalue weighted by Gasteiger charge is -2.30. The molecule has 0 saturated heterocycles. The Morgan fingerprint density at radius 2 is 1.80 bits per heavy atom. The van der Waals surface area contributed by atoms with Crippen molar-refractivity contribution in [3.05, 3.63) is 0 Å². The lowest BCUT2D eigenvalue weighted by Crippen LogP contribution is -2.55. The molecule has 1 aliphatic rings. The van der Waals surface area contributed by atoms with E-state index in [4.69, 9.17) is 10.8 Å². The van der Waals surface area contributed by atoms with E-state index in [1.54, 1.807) is 13.8 Å². The summed E-state index contributed by atoms with van der Waals surface area (Å²) in [5.41, 5.74) is 5.22. The molecule has 1 saturated carbocycles. The number of carboxylic acid groups (broad SMARTS) is 1. The third-order valence-corrected chi connectivity index (χ3v) is 3.66. The van der Waals surface area contributed by atoms with Gasteiger partial charge in [-0.05, 0) is 18.8 Å². The fraction of sp³-hybridized carbons (Fsp3) is 0.769. The molecular weight excluding hydrogens is 262 g/mol. The van der Waals surface area contributed by atoms with Crippen LogP contribution in [0.2, 0.25) is 0 Å². The summed E-state index contributed by atoms with van der Waals surface area (Å²) >= 11 is 0. The van der Waals surface area contributed by atoms with Crippen molar-refractivity contribution in [1.29, 1.82) is 0 Å². The van der Waals surface area contributed by atoms with Gasteiger partial charge in [0, 0.05) is 6.04 Å². The highest BCUT2D eigenvalue weighted by atomic mass is 16.4. The van der Waals surface area contributed by atoms with Crippen molar-refractivity contribution in [2.75, 3.05) is 0 Å². The smallest absolute Gasteiger partial charge is 0.315 e. The van der Waals surface area contributed by atoms with Crippen LogP contribution in [0.1, 0.15) is 39.5 Å². The Hall–Kier alpha value is -1.79. The summed E-state index contributed by atoms with van der Waals surface area (Å²) < 4.78 is 0. The number of nitrogens with one attached hydrogen (secondary N) is 2. The highest BCUT2D eigenvalue weighted by Gasteiger charge is 2.32. The number of carbonyl (C=O) groups is 3. The topological polar surface area (TPSA) is 122 Å². The summed E-state index contributed by atoms with van der Waals surface area (Å²) in [4.78, 5) is 34.2. The van der Waals surface area contributed by atoms with E-state index in [9.17, 15) is 14.4 Å². The summed E-state index contributed by atoms with van der Waals surface area (Å²) in [6.07, 6.45) is 2.93. The first-order chi connectivity index (χ1) is 9.32. The monoisotopic (exact) mass is 285 g/mol. The van der Waals surface area contributed by atoms with Gasteiger partial charge in [-0.25, -0.2) is 4.79 Å². The van der Waals surface area contributed by atoms with Gasteiger partial charge in [0.2, 0.25) is 5.91 Å². The van der Waals surface area contributed by atoms with E-state index in [-0.39, 0.29) is 5.92 Å². The summed E-state index contributed by atoms with van der Waals surface area (Å²) in [5, 5.41) is 14.3. The molecule has 1 aliphatic carbocycles. The number of carboxylic acids is 1. The van der Waals surface area contributed by atoms with Crippen LogP contribution < -0.4 is 16.4 Å². The Balaban J connectivity index is 2.59. The predicted octanol–water partition coefficient (Wildman–Crippen LogP) is 0.439. The van der Waals surface area contributed by atoms with Gasteiger partial charge in [0.1, 0.15) is 6.04 Å². The Morgan fingerprint density at radius 3 is 2.30 bits per heavy atom. The number of hydrogen-bond donors (Lipinski definition) is 4. The van der Waals surface area contributed by atoms with E-state index < -0.39 is 35.9 Å². The Bertz CT molecular complexity index is 384. The van der Waals surface area contributed by atoms with Crippen LogP contribution in [0.4, 0.5) is 4.79 Å². The van der Waals surface area contributed by atoms with Gasteiger partial charge in [0.15, 0.2) is 0 Å². The largest absolute Gasteiger partial charge is 0.481 e. The molecule has 0 aromatic carbocycles. The van der Waals surface area contributed by atoms with Gasteiger partial charge < -0.3 is 21.5 Å². The number of carbonyl (C=O) groups excluding carboxylic acids is 2. The summed E-state index contributed by atoms with van der Waals surface area (Å²) in [6, 6.07) is -1.70. The molecule has 5 N–H and O–H groups in total. The molecule has 0 heterocycles. The van der Waals surface area contributed by atoms with E-state index >= 15 is 0 Å². The van der Waals surface area contributed by atoms with E-state index in [0.717, 1.165) is 12.8 Å². The van der Waals surface area contributed by atoms with Gasteiger partial charge in [-0.3, -0.25) is 9.59 Å². The van der Waals surface area contributed by atoms with Gasteiger partial charge in [-0.1, -0.05) is 26.7 Å². The third-order valence-electron chi connectivity index (χ3n) is 3.66. The minimum Gasteiger partial charge on any atom is -0.481 e. The van der Waals surface area contributed by atoms with Gasteiger partial charge in [-0.15, -0.1) is 0 Å². The van der Waals surface area contributed by atoms with Crippen molar-refractivity contribution >= 4 is 17.9 Å². The van der Waals surface area contributed by atoms with Crippen molar-refractivity contribution in [2.45, 2.75) is 51.6 Å². The number of aliphatic carboxylic acids is 1. The van der Waals surface area contributed by atoms with E-state index in [1.807, 2.05) is 0 Å². The average Bonchev–Trinajstić information content (AvgIpc) is 2.35. The molecule has 0 spiro atoms. The predicted molar refractivity (Wildman–Crippen MR) is 72.9 cm³/mol. The molecule has 0 aliphatic heterocycles. The zero-order valence-electron chi connectivity index (χ0n) is 11.9. The molecule has 0 bridgehead atoms. The first-order valence-corrected chi connectivity index (χ1v) is 6.92. The lowest BCUT2D eigenvalue weighted by molar-refractivity contribution is -0.143. The molecule has 20 heavy (non-hydrogen) atoms.